The van der Waals surface area contributed by atoms with Crippen LogP contribution in [0, 0.1) is 5.92 Å². The zero-order chi connectivity index (χ0) is 13.7. The molecule has 0 aliphatic heterocycles. The van der Waals surface area contributed by atoms with Gasteiger partial charge < -0.3 is 9.84 Å². The van der Waals surface area contributed by atoms with E-state index in [9.17, 15) is 18.7 Å². The molecule has 0 aromatic heterocycles. The third-order valence-corrected chi connectivity index (χ3v) is 2.79. The maximum atomic E-state index is 12.4. The molecule has 5 heteroatoms. The molecule has 0 aliphatic carbocycles. The number of hydrogen-bond donors (Lipinski definition) is 1. The number of esters is 1. The van der Waals surface area contributed by atoms with Crippen LogP contribution < -0.4 is 0 Å². The summed E-state index contributed by atoms with van der Waals surface area (Å²) in [5.41, 5.74) is 0.419. The molecule has 2 atom stereocenters. The zero-order valence-corrected chi connectivity index (χ0v) is 10.3. The summed E-state index contributed by atoms with van der Waals surface area (Å²) in [6.45, 7) is 1.70. The van der Waals surface area contributed by atoms with Gasteiger partial charge in [0.05, 0.1) is 19.6 Å². The van der Waals surface area contributed by atoms with E-state index in [-0.39, 0.29) is 17.9 Å². The van der Waals surface area contributed by atoms with Crippen molar-refractivity contribution >= 4 is 5.97 Å². The minimum atomic E-state index is -2.52. The minimum Gasteiger partial charge on any atom is -0.469 e. The number of carbonyl (C=O) groups excluding carboxylic acids is 1. The maximum Gasteiger partial charge on any atom is 0.305 e. The van der Waals surface area contributed by atoms with Crippen LogP contribution in [0.2, 0.25) is 0 Å². The number of aliphatic hydroxyl groups is 1. The highest BCUT2D eigenvalue weighted by Gasteiger charge is 2.20. The topological polar surface area (TPSA) is 46.5 Å². The Hall–Kier alpha value is -1.49. The molecule has 18 heavy (non-hydrogen) atoms. The van der Waals surface area contributed by atoms with Gasteiger partial charge in [-0.05, 0) is 11.5 Å². The van der Waals surface area contributed by atoms with Gasteiger partial charge in [-0.2, -0.15) is 0 Å². The predicted molar refractivity (Wildman–Crippen MR) is 62.2 cm³/mol. The number of halogens is 2. The van der Waals surface area contributed by atoms with Gasteiger partial charge in [0.15, 0.2) is 0 Å². The van der Waals surface area contributed by atoms with Gasteiger partial charge >= 0.3 is 5.97 Å². The third-order valence-electron chi connectivity index (χ3n) is 2.79. The minimum absolute atomic E-state index is 0.0776. The number of aliphatic hydroxyl groups excluding tert-OH is 1. The van der Waals surface area contributed by atoms with Gasteiger partial charge in [0, 0.05) is 5.56 Å². The Bertz CT molecular complexity index is 390. The van der Waals surface area contributed by atoms with E-state index in [0.29, 0.717) is 5.56 Å². The lowest BCUT2D eigenvalue weighted by Gasteiger charge is -2.18. The molecule has 0 heterocycles. The van der Waals surface area contributed by atoms with Crippen molar-refractivity contribution in [2.75, 3.05) is 7.11 Å². The first-order chi connectivity index (χ1) is 8.45. The summed E-state index contributed by atoms with van der Waals surface area (Å²) in [6, 6.07) is 5.43. The van der Waals surface area contributed by atoms with Crippen molar-refractivity contribution in [1.82, 2.24) is 0 Å². The van der Waals surface area contributed by atoms with Crippen LogP contribution in [0.1, 0.15) is 37.0 Å². The maximum absolute atomic E-state index is 12.4. The van der Waals surface area contributed by atoms with Gasteiger partial charge in [0.2, 0.25) is 0 Å². The molecule has 1 rings (SSSR count). The van der Waals surface area contributed by atoms with Crippen molar-refractivity contribution < 1.29 is 23.4 Å². The molecule has 100 valence electrons. The number of benzene rings is 1. The lowest BCUT2D eigenvalue weighted by molar-refractivity contribution is -0.142. The van der Waals surface area contributed by atoms with Crippen molar-refractivity contribution in [1.29, 1.82) is 0 Å². The van der Waals surface area contributed by atoms with E-state index in [1.807, 2.05) is 0 Å². The zero-order valence-electron chi connectivity index (χ0n) is 10.3. The van der Waals surface area contributed by atoms with Crippen LogP contribution in [-0.4, -0.2) is 18.2 Å². The van der Waals surface area contributed by atoms with E-state index >= 15 is 0 Å². The smallest absolute Gasteiger partial charge is 0.305 e. The second-order valence-corrected chi connectivity index (χ2v) is 4.17. The highest BCUT2D eigenvalue weighted by molar-refractivity contribution is 5.69. The van der Waals surface area contributed by atoms with Gasteiger partial charge in [0.25, 0.3) is 6.43 Å². The van der Waals surface area contributed by atoms with Gasteiger partial charge in [-0.15, -0.1) is 0 Å². The molecular formula is C13H16F2O3. The number of carbonyl (C=O) groups is 1. The van der Waals surface area contributed by atoms with Crippen molar-refractivity contribution in [2.24, 2.45) is 5.92 Å². The van der Waals surface area contributed by atoms with Crippen LogP contribution >= 0.6 is 0 Å². The summed E-state index contributed by atoms with van der Waals surface area (Å²) >= 11 is 0. The molecule has 2 unspecified atom stereocenters. The van der Waals surface area contributed by atoms with E-state index in [4.69, 9.17) is 0 Å². The number of alkyl halides is 2. The van der Waals surface area contributed by atoms with Gasteiger partial charge in [0.1, 0.15) is 0 Å². The molecule has 0 radical (unpaired) electrons. The first-order valence-corrected chi connectivity index (χ1v) is 5.58. The molecule has 0 amide bonds. The highest BCUT2D eigenvalue weighted by atomic mass is 19.3. The Morgan fingerprint density at radius 2 is 1.78 bits per heavy atom. The van der Waals surface area contributed by atoms with Crippen molar-refractivity contribution in [3.05, 3.63) is 35.4 Å². The summed E-state index contributed by atoms with van der Waals surface area (Å²) in [5.74, 6) is -0.749. The molecule has 1 N–H and O–H groups in total. The average Bonchev–Trinajstić information content (AvgIpc) is 2.37. The van der Waals surface area contributed by atoms with Crippen LogP contribution in [0.15, 0.2) is 24.3 Å². The summed E-state index contributed by atoms with van der Waals surface area (Å²) in [4.78, 5) is 11.1. The molecule has 0 aliphatic rings. The summed E-state index contributed by atoms with van der Waals surface area (Å²) in [6.07, 6.45) is -3.33. The fraction of sp³-hybridized carbons (Fsp3) is 0.462. The standard InChI is InChI=1S/C13H16F2O3/c1-8(7-11(16)18-2)12(17)9-3-5-10(6-4-9)13(14)15/h3-6,8,12-13,17H,7H2,1-2H3. The number of ether oxygens (including phenoxy) is 1. The fourth-order valence-electron chi connectivity index (χ4n) is 1.63. The lowest BCUT2D eigenvalue weighted by atomic mass is 9.94. The molecular weight excluding hydrogens is 242 g/mol. The average molecular weight is 258 g/mol. The molecule has 0 saturated heterocycles. The van der Waals surface area contributed by atoms with E-state index in [0.717, 1.165) is 0 Å². The SMILES string of the molecule is COC(=O)CC(C)C(O)c1ccc(C(F)F)cc1. The van der Waals surface area contributed by atoms with Crippen LogP contribution in [0.5, 0.6) is 0 Å². The quantitative estimate of drug-likeness (QED) is 0.826. The predicted octanol–water partition coefficient (Wildman–Crippen LogP) is 2.86. The molecule has 1 aromatic rings. The number of rotatable bonds is 5. The first-order valence-electron chi connectivity index (χ1n) is 5.58. The summed E-state index contributed by atoms with van der Waals surface area (Å²) < 4.78 is 29.2. The van der Waals surface area contributed by atoms with Crippen LogP contribution in [0.3, 0.4) is 0 Å². The Labute approximate surface area is 104 Å². The fourth-order valence-corrected chi connectivity index (χ4v) is 1.63. The summed E-state index contributed by atoms with van der Waals surface area (Å²) in [5, 5.41) is 9.97. The Kier molecular flexibility index (Phi) is 5.22. The Morgan fingerprint density at radius 1 is 1.28 bits per heavy atom. The molecule has 1 aromatic carbocycles. The van der Waals surface area contributed by atoms with Crippen LogP contribution in [-0.2, 0) is 9.53 Å². The Balaban J connectivity index is 2.71. The number of methoxy groups -OCH3 is 1. The van der Waals surface area contributed by atoms with Gasteiger partial charge in [-0.25, -0.2) is 8.78 Å². The highest BCUT2D eigenvalue weighted by Crippen LogP contribution is 2.26. The normalized spacial score (nSPS) is 14.3. The monoisotopic (exact) mass is 258 g/mol. The molecule has 0 fully saturated rings. The van der Waals surface area contributed by atoms with E-state index < -0.39 is 18.5 Å². The number of hydrogen-bond acceptors (Lipinski definition) is 3. The van der Waals surface area contributed by atoms with E-state index in [1.54, 1.807) is 6.92 Å². The van der Waals surface area contributed by atoms with Crippen LogP contribution in [0.25, 0.3) is 0 Å². The van der Waals surface area contributed by atoms with E-state index in [2.05, 4.69) is 4.74 Å². The molecule has 0 saturated carbocycles. The molecule has 0 spiro atoms. The van der Waals surface area contributed by atoms with Crippen LogP contribution in [0.4, 0.5) is 8.78 Å². The summed E-state index contributed by atoms with van der Waals surface area (Å²) in [7, 11) is 1.28. The lowest BCUT2D eigenvalue weighted by Crippen LogP contribution is -2.14. The van der Waals surface area contributed by atoms with E-state index in [1.165, 1.54) is 31.4 Å². The third kappa shape index (κ3) is 3.77. The van der Waals surface area contributed by atoms with Crippen molar-refractivity contribution in [3.8, 4) is 0 Å². The van der Waals surface area contributed by atoms with Gasteiger partial charge in [-0.3, -0.25) is 4.79 Å². The van der Waals surface area contributed by atoms with Crippen molar-refractivity contribution in [2.45, 2.75) is 25.9 Å². The van der Waals surface area contributed by atoms with Crippen molar-refractivity contribution in [3.63, 3.8) is 0 Å². The second-order valence-electron chi connectivity index (χ2n) is 4.17. The largest absolute Gasteiger partial charge is 0.469 e. The second kappa shape index (κ2) is 6.44. The molecule has 3 nitrogen and oxygen atoms in total. The van der Waals surface area contributed by atoms with Gasteiger partial charge in [-0.1, -0.05) is 31.2 Å². The molecule has 0 bridgehead atoms. The first kappa shape index (κ1) is 14.6. The Morgan fingerprint density at radius 3 is 2.22 bits per heavy atom.